The zero-order valence-electron chi connectivity index (χ0n) is 17.1. The summed E-state index contributed by atoms with van der Waals surface area (Å²) in [6, 6.07) is 6.00. The Labute approximate surface area is 178 Å². The van der Waals surface area contributed by atoms with E-state index in [0.717, 1.165) is 0 Å². The Bertz CT molecular complexity index is 811. The Morgan fingerprint density at radius 2 is 1.93 bits per heavy atom. The topological polar surface area (TPSA) is 84.0 Å². The fourth-order valence-corrected chi connectivity index (χ4v) is 5.06. The van der Waals surface area contributed by atoms with Crippen LogP contribution in [0.15, 0.2) is 29.2 Å². The van der Waals surface area contributed by atoms with Crippen molar-refractivity contribution in [1.29, 1.82) is 0 Å². The Kier molecular flexibility index (Phi) is 8.48. The molecule has 2 rings (SSSR count). The molecule has 1 unspecified atom stereocenters. The lowest BCUT2D eigenvalue weighted by Crippen LogP contribution is -2.48. The summed E-state index contributed by atoms with van der Waals surface area (Å²) >= 11 is 5.86. The molecule has 162 valence electrons. The minimum absolute atomic E-state index is 0.0984. The highest BCUT2D eigenvalue weighted by molar-refractivity contribution is 7.89. The first-order chi connectivity index (χ1) is 13.6. The molecule has 1 aliphatic rings. The second-order valence-electron chi connectivity index (χ2n) is 7.57. The first-order valence-corrected chi connectivity index (χ1v) is 11.7. The number of nitrogens with zero attached hydrogens (tertiary/aromatic N) is 2. The van der Waals surface area contributed by atoms with Crippen LogP contribution in [0.25, 0.3) is 0 Å². The molecule has 1 atom stereocenters. The van der Waals surface area contributed by atoms with Crippen molar-refractivity contribution in [2.45, 2.75) is 38.5 Å². The van der Waals surface area contributed by atoms with E-state index in [9.17, 15) is 18.0 Å². The number of esters is 1. The van der Waals surface area contributed by atoms with Gasteiger partial charge in [-0.3, -0.25) is 9.59 Å². The predicted molar refractivity (Wildman–Crippen MR) is 111 cm³/mol. The largest absolute Gasteiger partial charge is 0.465 e. The van der Waals surface area contributed by atoms with Gasteiger partial charge in [-0.2, -0.15) is 4.31 Å². The van der Waals surface area contributed by atoms with E-state index in [2.05, 4.69) is 0 Å². The number of amides is 1. The molecular formula is C20H29ClN2O5S. The van der Waals surface area contributed by atoms with Gasteiger partial charge in [-0.15, -0.1) is 0 Å². The van der Waals surface area contributed by atoms with Crippen LogP contribution in [0.5, 0.6) is 0 Å². The van der Waals surface area contributed by atoms with Gasteiger partial charge < -0.3 is 9.64 Å². The minimum atomic E-state index is -3.71. The van der Waals surface area contributed by atoms with Gasteiger partial charge in [0, 0.05) is 24.7 Å². The summed E-state index contributed by atoms with van der Waals surface area (Å²) in [6.07, 6.45) is 1.17. The van der Waals surface area contributed by atoms with Crippen LogP contribution in [0.3, 0.4) is 0 Å². The number of carbonyl (C=O) groups is 2. The lowest BCUT2D eigenvalue weighted by atomic mass is 9.97. The van der Waals surface area contributed by atoms with E-state index in [1.807, 2.05) is 13.8 Å². The zero-order chi connectivity index (χ0) is 21.6. The lowest BCUT2D eigenvalue weighted by molar-refractivity contribution is -0.151. The normalized spacial score (nSPS) is 17.9. The van der Waals surface area contributed by atoms with E-state index in [4.69, 9.17) is 16.3 Å². The van der Waals surface area contributed by atoms with Crippen molar-refractivity contribution in [1.82, 2.24) is 9.21 Å². The third-order valence-electron chi connectivity index (χ3n) is 4.71. The van der Waals surface area contributed by atoms with Crippen LogP contribution >= 0.6 is 11.6 Å². The first-order valence-electron chi connectivity index (χ1n) is 9.85. The van der Waals surface area contributed by atoms with Crippen LogP contribution in [0, 0.1) is 11.8 Å². The molecule has 0 aromatic heterocycles. The predicted octanol–water partition coefficient (Wildman–Crippen LogP) is 2.79. The van der Waals surface area contributed by atoms with E-state index >= 15 is 0 Å². The van der Waals surface area contributed by atoms with Crippen molar-refractivity contribution in [3.8, 4) is 0 Å². The van der Waals surface area contributed by atoms with Gasteiger partial charge in [-0.25, -0.2) is 8.42 Å². The van der Waals surface area contributed by atoms with Crippen LogP contribution in [-0.4, -0.2) is 62.3 Å². The van der Waals surface area contributed by atoms with Gasteiger partial charge in [0.25, 0.3) is 0 Å². The van der Waals surface area contributed by atoms with Crippen molar-refractivity contribution in [2.24, 2.45) is 11.8 Å². The summed E-state index contributed by atoms with van der Waals surface area (Å²) < 4.78 is 32.3. The third-order valence-corrected chi connectivity index (χ3v) is 6.84. The van der Waals surface area contributed by atoms with E-state index < -0.39 is 21.9 Å². The quantitative estimate of drug-likeness (QED) is 0.575. The summed E-state index contributed by atoms with van der Waals surface area (Å²) in [6.45, 7) is 6.64. The van der Waals surface area contributed by atoms with Gasteiger partial charge in [0.1, 0.15) is 6.54 Å². The number of halogens is 1. The number of hydrogen-bond acceptors (Lipinski definition) is 5. The number of benzene rings is 1. The van der Waals surface area contributed by atoms with Crippen molar-refractivity contribution >= 4 is 33.5 Å². The summed E-state index contributed by atoms with van der Waals surface area (Å²) in [4.78, 5) is 26.7. The molecule has 1 aromatic rings. The number of ether oxygens (including phenoxy) is 1. The molecular weight excluding hydrogens is 416 g/mol. The average Bonchev–Trinajstić information content (AvgIpc) is 2.67. The number of piperidine rings is 1. The minimum Gasteiger partial charge on any atom is -0.465 e. The lowest BCUT2D eigenvalue weighted by Gasteiger charge is -2.34. The van der Waals surface area contributed by atoms with Gasteiger partial charge in [0.05, 0.1) is 17.4 Å². The molecule has 29 heavy (non-hydrogen) atoms. The van der Waals surface area contributed by atoms with Gasteiger partial charge in [-0.1, -0.05) is 25.4 Å². The highest BCUT2D eigenvalue weighted by Gasteiger charge is 2.35. The highest BCUT2D eigenvalue weighted by Crippen LogP contribution is 2.26. The van der Waals surface area contributed by atoms with Crippen molar-refractivity contribution in [3.05, 3.63) is 29.3 Å². The molecule has 9 heteroatoms. The Morgan fingerprint density at radius 1 is 1.28 bits per heavy atom. The number of carbonyl (C=O) groups excluding carboxylic acids is 2. The van der Waals surface area contributed by atoms with E-state index in [-0.39, 0.29) is 36.4 Å². The standard InChI is InChI=1S/C20H29ClN2O5S/c1-4-28-19(24)14-22(12-15(2)3)20(25)16-6-5-11-23(13-16)29(26,27)18-9-7-17(21)8-10-18/h7-10,15-16H,4-6,11-14H2,1-3H3. The van der Waals surface area contributed by atoms with E-state index in [1.54, 1.807) is 6.92 Å². The van der Waals surface area contributed by atoms with E-state index in [0.29, 0.717) is 31.0 Å². The molecule has 0 aliphatic carbocycles. The number of sulfonamides is 1. The highest BCUT2D eigenvalue weighted by atomic mass is 35.5. The molecule has 1 heterocycles. The maximum Gasteiger partial charge on any atom is 0.325 e. The fourth-order valence-electron chi connectivity index (χ4n) is 3.41. The van der Waals surface area contributed by atoms with Crippen LogP contribution < -0.4 is 0 Å². The zero-order valence-corrected chi connectivity index (χ0v) is 18.7. The smallest absolute Gasteiger partial charge is 0.325 e. The molecule has 0 N–H and O–H groups in total. The number of hydrogen-bond donors (Lipinski definition) is 0. The molecule has 1 fully saturated rings. The first kappa shape index (κ1) is 23.6. The molecule has 7 nitrogen and oxygen atoms in total. The van der Waals surface area contributed by atoms with Crippen LogP contribution in [0.1, 0.15) is 33.6 Å². The SMILES string of the molecule is CCOC(=O)CN(CC(C)C)C(=O)C1CCCN(S(=O)(=O)c2ccc(Cl)cc2)C1. The van der Waals surface area contributed by atoms with Crippen molar-refractivity contribution in [2.75, 3.05) is 32.8 Å². The van der Waals surface area contributed by atoms with Crippen molar-refractivity contribution in [3.63, 3.8) is 0 Å². The average molecular weight is 445 g/mol. The molecule has 0 radical (unpaired) electrons. The maximum absolute atomic E-state index is 13.1. The van der Waals surface area contributed by atoms with Gasteiger partial charge in [0.15, 0.2) is 0 Å². The summed E-state index contributed by atoms with van der Waals surface area (Å²) in [5, 5.41) is 0.457. The molecule has 1 aliphatic heterocycles. The monoisotopic (exact) mass is 444 g/mol. The van der Waals surface area contributed by atoms with Gasteiger partial charge >= 0.3 is 5.97 Å². The number of rotatable bonds is 8. The Morgan fingerprint density at radius 3 is 2.52 bits per heavy atom. The molecule has 1 amide bonds. The van der Waals surface area contributed by atoms with Gasteiger partial charge in [0.2, 0.25) is 15.9 Å². The summed E-state index contributed by atoms with van der Waals surface area (Å²) in [5.74, 6) is -0.976. The molecule has 1 aromatic carbocycles. The Hall–Kier alpha value is -1.64. The second kappa shape index (κ2) is 10.4. The molecule has 1 saturated heterocycles. The summed E-state index contributed by atoms with van der Waals surface area (Å²) in [7, 11) is -3.71. The third kappa shape index (κ3) is 6.42. The van der Waals surface area contributed by atoms with Crippen LogP contribution in [0.4, 0.5) is 0 Å². The molecule has 0 saturated carbocycles. The second-order valence-corrected chi connectivity index (χ2v) is 9.95. The van der Waals surface area contributed by atoms with Crippen LogP contribution in [-0.2, 0) is 24.3 Å². The Balaban J connectivity index is 2.15. The summed E-state index contributed by atoms with van der Waals surface area (Å²) in [5.41, 5.74) is 0. The maximum atomic E-state index is 13.1. The van der Waals surface area contributed by atoms with Gasteiger partial charge in [-0.05, 0) is 49.9 Å². The van der Waals surface area contributed by atoms with E-state index in [1.165, 1.54) is 33.5 Å². The molecule has 0 bridgehead atoms. The fraction of sp³-hybridized carbons (Fsp3) is 0.600. The van der Waals surface area contributed by atoms with Crippen molar-refractivity contribution < 1.29 is 22.7 Å². The van der Waals surface area contributed by atoms with Crippen LogP contribution in [0.2, 0.25) is 5.02 Å². The molecule has 0 spiro atoms.